The zero-order chi connectivity index (χ0) is 6.73. The molecule has 51 valence electrons. The maximum absolute atomic E-state index is 10.3. The lowest BCUT2D eigenvalue weighted by Gasteiger charge is -2.01. The molecule has 0 aliphatic carbocycles. The first-order valence-electron chi connectivity index (χ1n) is 2.54. The molecular formula is C6H11N2O. The van der Waals surface area contributed by atoms with Crippen LogP contribution in [0.15, 0.2) is 12.2 Å². The van der Waals surface area contributed by atoms with Gasteiger partial charge in [0.2, 0.25) is 5.91 Å². The van der Waals surface area contributed by atoms with Crippen molar-refractivity contribution >= 4 is 5.91 Å². The largest absolute Gasteiger partial charge is 0.366 e. The van der Waals surface area contributed by atoms with Crippen LogP contribution in [0.5, 0.6) is 0 Å². The number of carbonyl (C=O) groups excluding carboxylic acids is 1. The average molecular weight is 127 g/mol. The van der Waals surface area contributed by atoms with Gasteiger partial charge in [-0.25, -0.2) is 0 Å². The predicted octanol–water partition coefficient (Wildman–Crippen LogP) is 0.203. The summed E-state index contributed by atoms with van der Waals surface area (Å²) in [6.45, 7) is 7.24. The minimum Gasteiger partial charge on any atom is -0.366 e. The minimum atomic E-state index is -0.403. The molecule has 1 amide bonds. The molecule has 0 bridgehead atoms. The highest BCUT2D eigenvalue weighted by molar-refractivity contribution is 5.91. The highest BCUT2D eigenvalue weighted by atomic mass is 16.1. The molecule has 3 nitrogen and oxygen atoms in total. The van der Waals surface area contributed by atoms with Crippen LogP contribution in [0.25, 0.3) is 0 Å². The molecule has 0 spiro atoms. The van der Waals surface area contributed by atoms with E-state index in [1.807, 2.05) is 13.8 Å². The molecule has 9 heavy (non-hydrogen) atoms. The van der Waals surface area contributed by atoms with Crippen LogP contribution in [0, 0.1) is 5.92 Å². The summed E-state index contributed by atoms with van der Waals surface area (Å²) in [5, 5.41) is 0. The first kappa shape index (κ1) is 11.0. The number of hydrogen-bond acceptors (Lipinski definition) is 1. The Morgan fingerprint density at radius 3 is 1.89 bits per heavy atom. The topological polar surface area (TPSA) is 73.6 Å². The van der Waals surface area contributed by atoms with Crippen LogP contribution in [0.2, 0.25) is 0 Å². The van der Waals surface area contributed by atoms with Crippen LogP contribution in [0.1, 0.15) is 13.8 Å². The van der Waals surface area contributed by atoms with E-state index >= 15 is 0 Å². The third kappa shape index (κ3) is 3.73. The lowest BCUT2D eigenvalue weighted by atomic mass is 10.1. The van der Waals surface area contributed by atoms with Gasteiger partial charge in [0.25, 0.3) is 0 Å². The van der Waals surface area contributed by atoms with E-state index in [2.05, 4.69) is 6.58 Å². The van der Waals surface area contributed by atoms with Crippen LogP contribution in [-0.2, 0) is 4.79 Å². The van der Waals surface area contributed by atoms with Gasteiger partial charge in [-0.3, -0.25) is 4.79 Å². The molecule has 0 heterocycles. The van der Waals surface area contributed by atoms with Crippen LogP contribution >= 0.6 is 0 Å². The van der Waals surface area contributed by atoms with E-state index in [4.69, 9.17) is 5.73 Å². The molecule has 0 aliphatic rings. The Bertz CT molecular complexity index is 118. The van der Waals surface area contributed by atoms with Crippen LogP contribution < -0.4 is 11.9 Å². The minimum absolute atomic E-state index is 0. The van der Waals surface area contributed by atoms with E-state index in [-0.39, 0.29) is 12.1 Å². The lowest BCUT2D eigenvalue weighted by Crippen LogP contribution is -2.16. The first-order chi connectivity index (χ1) is 3.55. The summed E-state index contributed by atoms with van der Waals surface area (Å²) in [7, 11) is 0. The van der Waals surface area contributed by atoms with Gasteiger partial charge in [0, 0.05) is 11.7 Å². The van der Waals surface area contributed by atoms with Crippen molar-refractivity contribution in [3.05, 3.63) is 12.2 Å². The Labute approximate surface area is 55.5 Å². The fourth-order valence-electron chi connectivity index (χ4n) is 0.285. The van der Waals surface area contributed by atoms with Crippen molar-refractivity contribution < 1.29 is 4.79 Å². The fourth-order valence-corrected chi connectivity index (χ4v) is 0.285. The number of rotatable bonds is 2. The van der Waals surface area contributed by atoms with Gasteiger partial charge in [-0.05, 0) is 5.92 Å². The molecule has 0 atom stereocenters. The summed E-state index contributed by atoms with van der Waals surface area (Å²) < 4.78 is 0. The molecule has 0 aromatic heterocycles. The van der Waals surface area contributed by atoms with Crippen LogP contribution in [-0.4, -0.2) is 5.91 Å². The van der Waals surface area contributed by atoms with Crippen molar-refractivity contribution in [1.82, 2.24) is 6.15 Å². The maximum atomic E-state index is 10.3. The summed E-state index contributed by atoms with van der Waals surface area (Å²) in [5.74, 6) is -0.229. The Kier molecular flexibility index (Phi) is 5.01. The zero-order valence-corrected chi connectivity index (χ0v) is 5.72. The normalized spacial score (nSPS) is 8.33. The molecular weight excluding hydrogens is 116 g/mol. The third-order valence-electron chi connectivity index (χ3n) is 1.01. The molecule has 0 fully saturated rings. The van der Waals surface area contributed by atoms with E-state index in [1.54, 1.807) is 0 Å². The predicted molar refractivity (Wildman–Crippen MR) is 35.3 cm³/mol. The van der Waals surface area contributed by atoms with E-state index < -0.39 is 5.91 Å². The van der Waals surface area contributed by atoms with Crippen LogP contribution in [0.4, 0.5) is 0 Å². The van der Waals surface area contributed by atoms with E-state index in [0.29, 0.717) is 5.57 Å². The number of primary amides is 1. The van der Waals surface area contributed by atoms with Gasteiger partial charge in [-0.15, -0.1) is 0 Å². The molecule has 3 heteroatoms. The Morgan fingerprint density at radius 1 is 1.56 bits per heavy atom. The highest BCUT2D eigenvalue weighted by Crippen LogP contribution is 2.03. The molecule has 2 N–H and O–H groups in total. The van der Waals surface area contributed by atoms with E-state index in [0.717, 1.165) is 0 Å². The third-order valence-corrected chi connectivity index (χ3v) is 1.01. The summed E-state index contributed by atoms with van der Waals surface area (Å²) in [6.07, 6.45) is 0. The Morgan fingerprint density at radius 2 is 1.89 bits per heavy atom. The summed E-state index contributed by atoms with van der Waals surface area (Å²) >= 11 is 0. The molecule has 3 radical (unpaired) electrons. The molecule has 0 rings (SSSR count). The van der Waals surface area contributed by atoms with Gasteiger partial charge < -0.3 is 5.73 Å². The second-order valence-electron chi connectivity index (χ2n) is 2.04. The van der Waals surface area contributed by atoms with Crippen molar-refractivity contribution in [2.45, 2.75) is 13.8 Å². The van der Waals surface area contributed by atoms with Gasteiger partial charge in [0.05, 0.1) is 0 Å². The van der Waals surface area contributed by atoms with Crippen molar-refractivity contribution in [3.63, 3.8) is 0 Å². The first-order valence-corrected chi connectivity index (χ1v) is 2.54. The Hall–Kier alpha value is -0.830. The van der Waals surface area contributed by atoms with Gasteiger partial charge in [0.1, 0.15) is 0 Å². The molecule has 0 aromatic carbocycles. The number of carbonyl (C=O) groups is 1. The van der Waals surface area contributed by atoms with Gasteiger partial charge in [-0.2, -0.15) is 0 Å². The SMILES string of the molecule is C=C(C(N)=O)C(C)C.[N]. The standard InChI is InChI=1S/C6H11NO.N/c1-4(2)5(3)6(7)8;/h4H,3H2,1-2H3,(H2,7,8);. The zero-order valence-electron chi connectivity index (χ0n) is 5.72. The van der Waals surface area contributed by atoms with Crippen molar-refractivity contribution in [2.75, 3.05) is 0 Å². The molecule has 0 saturated carbocycles. The summed E-state index contributed by atoms with van der Waals surface area (Å²) in [5.41, 5.74) is 5.39. The second kappa shape index (κ2) is 4.09. The van der Waals surface area contributed by atoms with Crippen molar-refractivity contribution in [1.29, 1.82) is 0 Å². The van der Waals surface area contributed by atoms with E-state index in [9.17, 15) is 4.79 Å². The summed E-state index contributed by atoms with van der Waals surface area (Å²) in [4.78, 5) is 10.3. The molecule has 0 unspecified atom stereocenters. The Balaban J connectivity index is 0. The lowest BCUT2D eigenvalue weighted by molar-refractivity contribution is -0.114. The second-order valence-corrected chi connectivity index (χ2v) is 2.04. The van der Waals surface area contributed by atoms with Gasteiger partial charge in [-0.1, -0.05) is 20.4 Å². The summed E-state index contributed by atoms with van der Waals surface area (Å²) in [6, 6.07) is 0. The maximum Gasteiger partial charge on any atom is 0.244 e. The number of nitrogens with two attached hydrogens (primary N) is 1. The van der Waals surface area contributed by atoms with E-state index in [1.165, 1.54) is 0 Å². The van der Waals surface area contributed by atoms with Crippen molar-refractivity contribution in [3.8, 4) is 0 Å². The monoisotopic (exact) mass is 127 g/mol. The van der Waals surface area contributed by atoms with Crippen LogP contribution in [0.3, 0.4) is 0 Å². The molecule has 0 saturated heterocycles. The number of amides is 1. The average Bonchev–Trinajstić information content (AvgIpc) is 1.64. The highest BCUT2D eigenvalue weighted by Gasteiger charge is 2.03. The van der Waals surface area contributed by atoms with Gasteiger partial charge in [0.15, 0.2) is 0 Å². The van der Waals surface area contributed by atoms with Crippen molar-refractivity contribution in [2.24, 2.45) is 11.7 Å². The molecule has 0 aromatic rings. The number of hydrogen-bond donors (Lipinski definition) is 1. The number of nitrogens with zero attached hydrogens (tertiary/aromatic N) is 1. The van der Waals surface area contributed by atoms with Gasteiger partial charge >= 0.3 is 0 Å². The fraction of sp³-hybridized carbons (Fsp3) is 0.500. The quantitative estimate of drug-likeness (QED) is 0.529. The molecule has 0 aliphatic heterocycles. The smallest absolute Gasteiger partial charge is 0.244 e.